The fourth-order valence-electron chi connectivity index (χ4n) is 3.23. The summed E-state index contributed by atoms with van der Waals surface area (Å²) in [4.78, 5) is 0. The second-order valence-electron chi connectivity index (χ2n) is 7.49. The Bertz CT molecular complexity index is 1160. The standard InChI is InChI=1S/C25H27N5O2S.ClH/c1-19-8-10-20(11-9-19)18-32-23-13-12-21(16-24(23)31-2)17-26-14-15-33-25-27-28-29-30(25)22-6-4-3-5-7-22;/h3-13,16,26H,14-15,17-18H2,1-2H3;1H. The molecule has 0 aliphatic carbocycles. The first kappa shape index (κ1) is 25.6. The highest BCUT2D eigenvalue weighted by Crippen LogP contribution is 2.29. The molecule has 1 N–H and O–H groups in total. The zero-order valence-electron chi connectivity index (χ0n) is 19.2. The van der Waals surface area contributed by atoms with Crippen molar-refractivity contribution in [1.82, 2.24) is 25.5 Å². The number of aryl methyl sites for hydroxylation is 1. The molecule has 0 atom stereocenters. The molecule has 7 nitrogen and oxygen atoms in total. The third kappa shape index (κ3) is 6.96. The summed E-state index contributed by atoms with van der Waals surface area (Å²) >= 11 is 1.62. The molecule has 1 heterocycles. The van der Waals surface area contributed by atoms with Gasteiger partial charge < -0.3 is 14.8 Å². The van der Waals surface area contributed by atoms with Gasteiger partial charge in [0.25, 0.3) is 0 Å². The average molecular weight is 498 g/mol. The smallest absolute Gasteiger partial charge is 0.214 e. The van der Waals surface area contributed by atoms with Gasteiger partial charge in [-0.25, -0.2) is 0 Å². The summed E-state index contributed by atoms with van der Waals surface area (Å²) in [7, 11) is 1.67. The van der Waals surface area contributed by atoms with E-state index in [1.54, 1.807) is 23.6 Å². The van der Waals surface area contributed by atoms with Crippen molar-refractivity contribution in [2.45, 2.75) is 25.2 Å². The normalized spacial score (nSPS) is 10.5. The Morgan fingerprint density at radius 2 is 1.71 bits per heavy atom. The molecule has 3 aromatic carbocycles. The molecule has 9 heteroatoms. The summed E-state index contributed by atoms with van der Waals surface area (Å²) in [5.74, 6) is 2.32. The van der Waals surface area contributed by atoms with E-state index in [0.29, 0.717) is 6.61 Å². The second kappa shape index (κ2) is 13.0. The van der Waals surface area contributed by atoms with Crippen molar-refractivity contribution in [3.63, 3.8) is 0 Å². The van der Waals surface area contributed by atoms with Crippen LogP contribution in [0.5, 0.6) is 11.5 Å². The van der Waals surface area contributed by atoms with Crippen molar-refractivity contribution in [2.75, 3.05) is 19.4 Å². The summed E-state index contributed by atoms with van der Waals surface area (Å²) < 4.78 is 13.3. The largest absolute Gasteiger partial charge is 0.493 e. The molecule has 0 aliphatic rings. The number of tetrazole rings is 1. The van der Waals surface area contributed by atoms with E-state index in [1.807, 2.05) is 42.5 Å². The number of ether oxygens (including phenoxy) is 2. The van der Waals surface area contributed by atoms with E-state index in [-0.39, 0.29) is 12.4 Å². The molecule has 0 spiro atoms. The molecule has 178 valence electrons. The van der Waals surface area contributed by atoms with Crippen molar-refractivity contribution < 1.29 is 9.47 Å². The van der Waals surface area contributed by atoms with Gasteiger partial charge in [-0.1, -0.05) is 65.9 Å². The van der Waals surface area contributed by atoms with E-state index < -0.39 is 0 Å². The SMILES string of the molecule is COc1cc(CNCCSc2nnnn2-c2ccccc2)ccc1OCc1ccc(C)cc1.Cl. The van der Waals surface area contributed by atoms with Crippen LogP contribution in [0.25, 0.3) is 5.69 Å². The quantitative estimate of drug-likeness (QED) is 0.234. The van der Waals surface area contributed by atoms with E-state index >= 15 is 0 Å². The third-order valence-electron chi connectivity index (χ3n) is 5.02. The van der Waals surface area contributed by atoms with Crippen LogP contribution in [-0.4, -0.2) is 39.6 Å². The van der Waals surface area contributed by atoms with Crippen LogP contribution in [0.4, 0.5) is 0 Å². The Morgan fingerprint density at radius 1 is 0.941 bits per heavy atom. The number of hydrogen-bond donors (Lipinski definition) is 1. The number of nitrogens with one attached hydrogen (secondary N) is 1. The van der Waals surface area contributed by atoms with E-state index in [4.69, 9.17) is 9.47 Å². The first-order valence-corrected chi connectivity index (χ1v) is 11.7. The van der Waals surface area contributed by atoms with Gasteiger partial charge in [-0.3, -0.25) is 0 Å². The molecule has 0 fully saturated rings. The van der Waals surface area contributed by atoms with Crippen LogP contribution in [0, 0.1) is 6.92 Å². The van der Waals surface area contributed by atoms with Crippen LogP contribution >= 0.6 is 24.2 Å². The Kier molecular flexibility index (Phi) is 9.75. The van der Waals surface area contributed by atoms with Crippen molar-refractivity contribution in [1.29, 1.82) is 0 Å². The highest BCUT2D eigenvalue weighted by molar-refractivity contribution is 7.99. The van der Waals surface area contributed by atoms with Crippen molar-refractivity contribution in [2.24, 2.45) is 0 Å². The van der Waals surface area contributed by atoms with E-state index in [1.165, 1.54) is 5.56 Å². The van der Waals surface area contributed by atoms with Gasteiger partial charge in [0.05, 0.1) is 12.8 Å². The summed E-state index contributed by atoms with van der Waals surface area (Å²) in [6.45, 7) is 4.14. The number of hydrogen-bond acceptors (Lipinski definition) is 7. The molecule has 4 aromatic rings. The van der Waals surface area contributed by atoms with Gasteiger partial charge in [-0.05, 0) is 52.7 Å². The maximum Gasteiger partial charge on any atom is 0.214 e. The van der Waals surface area contributed by atoms with Gasteiger partial charge in [0, 0.05) is 18.8 Å². The second-order valence-corrected chi connectivity index (χ2v) is 8.56. The van der Waals surface area contributed by atoms with Crippen molar-refractivity contribution in [3.05, 3.63) is 89.5 Å². The lowest BCUT2D eigenvalue weighted by molar-refractivity contribution is 0.284. The minimum absolute atomic E-state index is 0. The van der Waals surface area contributed by atoms with Gasteiger partial charge in [0.1, 0.15) is 6.61 Å². The van der Waals surface area contributed by atoms with Gasteiger partial charge in [-0.2, -0.15) is 4.68 Å². The van der Waals surface area contributed by atoms with Crippen LogP contribution in [0.15, 0.2) is 78.0 Å². The minimum atomic E-state index is 0. The third-order valence-corrected chi connectivity index (χ3v) is 5.94. The molecular formula is C25H28ClN5O2S. The maximum atomic E-state index is 5.97. The Morgan fingerprint density at radius 3 is 2.47 bits per heavy atom. The molecule has 0 radical (unpaired) electrons. The number of methoxy groups -OCH3 is 1. The van der Waals surface area contributed by atoms with Gasteiger partial charge in [-0.15, -0.1) is 17.5 Å². The minimum Gasteiger partial charge on any atom is -0.493 e. The van der Waals surface area contributed by atoms with Crippen molar-refractivity contribution >= 4 is 24.2 Å². The molecule has 0 aliphatic heterocycles. The van der Waals surface area contributed by atoms with Crippen LogP contribution in [-0.2, 0) is 13.2 Å². The Hall–Kier alpha value is -3.07. The number of rotatable bonds is 11. The fourth-order valence-corrected chi connectivity index (χ4v) is 4.02. The first-order valence-electron chi connectivity index (χ1n) is 10.8. The number of para-hydroxylation sites is 1. The molecule has 0 unspecified atom stereocenters. The van der Waals surface area contributed by atoms with Gasteiger partial charge in [0.15, 0.2) is 11.5 Å². The number of thioether (sulfide) groups is 1. The highest BCUT2D eigenvalue weighted by atomic mass is 35.5. The average Bonchev–Trinajstić information content (AvgIpc) is 3.33. The predicted molar refractivity (Wildman–Crippen MR) is 137 cm³/mol. The van der Waals surface area contributed by atoms with Crippen LogP contribution in [0.2, 0.25) is 0 Å². The molecule has 0 amide bonds. The molecular weight excluding hydrogens is 470 g/mol. The zero-order chi connectivity index (χ0) is 22.9. The van der Waals surface area contributed by atoms with E-state index in [2.05, 4.69) is 58.1 Å². The summed E-state index contributed by atoms with van der Waals surface area (Å²) in [6.07, 6.45) is 0. The lowest BCUT2D eigenvalue weighted by atomic mass is 10.1. The van der Waals surface area contributed by atoms with Crippen LogP contribution in [0.3, 0.4) is 0 Å². The maximum absolute atomic E-state index is 5.97. The van der Waals surface area contributed by atoms with E-state index in [0.717, 1.165) is 52.3 Å². The van der Waals surface area contributed by atoms with Crippen molar-refractivity contribution in [3.8, 4) is 17.2 Å². The van der Waals surface area contributed by atoms with E-state index in [9.17, 15) is 0 Å². The fraction of sp³-hybridized carbons (Fsp3) is 0.240. The Balaban J connectivity index is 0.00000324. The number of halogens is 1. The van der Waals surface area contributed by atoms with Gasteiger partial charge >= 0.3 is 0 Å². The monoisotopic (exact) mass is 497 g/mol. The number of nitrogens with zero attached hydrogens (tertiary/aromatic N) is 4. The first-order chi connectivity index (χ1) is 16.2. The highest BCUT2D eigenvalue weighted by Gasteiger charge is 2.09. The lowest BCUT2D eigenvalue weighted by Gasteiger charge is -2.13. The zero-order valence-corrected chi connectivity index (χ0v) is 20.8. The molecule has 1 aromatic heterocycles. The molecule has 4 rings (SSSR count). The predicted octanol–water partition coefficient (Wildman–Crippen LogP) is 4.86. The number of aromatic nitrogens is 4. The van der Waals surface area contributed by atoms with Crippen LogP contribution < -0.4 is 14.8 Å². The van der Waals surface area contributed by atoms with Crippen LogP contribution in [0.1, 0.15) is 16.7 Å². The topological polar surface area (TPSA) is 74.1 Å². The summed E-state index contributed by atoms with van der Waals surface area (Å²) in [6, 6.07) is 24.3. The molecule has 0 bridgehead atoms. The summed E-state index contributed by atoms with van der Waals surface area (Å²) in [5.41, 5.74) is 4.45. The molecule has 0 saturated carbocycles. The molecule has 34 heavy (non-hydrogen) atoms. The lowest BCUT2D eigenvalue weighted by Crippen LogP contribution is -2.17. The molecule has 0 saturated heterocycles. The van der Waals surface area contributed by atoms with Gasteiger partial charge in [0.2, 0.25) is 5.16 Å². The Labute approximate surface area is 210 Å². The number of benzene rings is 3. The summed E-state index contributed by atoms with van der Waals surface area (Å²) in [5, 5.41) is 16.3.